The first-order valence-corrected chi connectivity index (χ1v) is 10.7. The van der Waals surface area contributed by atoms with Crippen molar-refractivity contribution >= 4 is 45.0 Å². The second-order valence-electron chi connectivity index (χ2n) is 6.54. The van der Waals surface area contributed by atoms with Crippen LogP contribution in [0.4, 0.5) is 11.4 Å². The standard InChI is InChI=1S/C19H16BrN5O3S/c20-15-10-14(25(27)28)8-9-16(15)21-17(26)11-29-19-23-22-18(12-6-7-12)24(19)13-4-2-1-3-5-13/h1-5,8-10,12H,6-7,11H2,(H,21,26). The summed E-state index contributed by atoms with van der Waals surface area (Å²) in [5, 5.41) is 22.9. The summed E-state index contributed by atoms with van der Waals surface area (Å²) >= 11 is 4.56. The number of thioether (sulfide) groups is 1. The van der Waals surface area contributed by atoms with Crippen molar-refractivity contribution in [3.05, 3.63) is 68.9 Å². The summed E-state index contributed by atoms with van der Waals surface area (Å²) in [6.45, 7) is 0. The van der Waals surface area contributed by atoms with Crippen LogP contribution in [0.2, 0.25) is 0 Å². The number of nitrogens with zero attached hydrogens (tertiary/aromatic N) is 4. The first-order chi connectivity index (χ1) is 14.0. The lowest BCUT2D eigenvalue weighted by Gasteiger charge is -2.10. The maximum Gasteiger partial charge on any atom is 0.270 e. The lowest BCUT2D eigenvalue weighted by Crippen LogP contribution is -2.15. The van der Waals surface area contributed by atoms with Crippen molar-refractivity contribution in [2.24, 2.45) is 0 Å². The van der Waals surface area contributed by atoms with Gasteiger partial charge in [0, 0.05) is 28.2 Å². The number of hydrogen-bond acceptors (Lipinski definition) is 6. The summed E-state index contributed by atoms with van der Waals surface area (Å²) in [5.74, 6) is 1.25. The average molecular weight is 474 g/mol. The molecule has 0 atom stereocenters. The zero-order chi connectivity index (χ0) is 20.4. The van der Waals surface area contributed by atoms with E-state index >= 15 is 0 Å². The van der Waals surface area contributed by atoms with E-state index in [0.717, 1.165) is 24.4 Å². The molecule has 3 aromatic rings. The van der Waals surface area contributed by atoms with E-state index in [1.807, 2.05) is 34.9 Å². The molecule has 0 unspecified atom stereocenters. The Morgan fingerprint density at radius 1 is 1.24 bits per heavy atom. The third kappa shape index (κ3) is 4.48. The molecule has 1 aliphatic rings. The Balaban J connectivity index is 1.47. The van der Waals surface area contributed by atoms with Gasteiger partial charge in [-0.25, -0.2) is 0 Å². The highest BCUT2D eigenvalue weighted by Gasteiger charge is 2.31. The molecule has 29 heavy (non-hydrogen) atoms. The average Bonchev–Trinajstić information content (AvgIpc) is 3.47. The monoisotopic (exact) mass is 473 g/mol. The Morgan fingerprint density at radius 3 is 2.66 bits per heavy atom. The number of hydrogen-bond donors (Lipinski definition) is 1. The summed E-state index contributed by atoms with van der Waals surface area (Å²) in [5.41, 5.74) is 1.40. The van der Waals surface area contributed by atoms with Crippen LogP contribution in [0.5, 0.6) is 0 Å². The van der Waals surface area contributed by atoms with E-state index in [4.69, 9.17) is 0 Å². The van der Waals surface area contributed by atoms with Gasteiger partial charge in [-0.15, -0.1) is 10.2 Å². The number of rotatable bonds is 7. The van der Waals surface area contributed by atoms with Crippen LogP contribution < -0.4 is 5.32 Å². The second kappa shape index (κ2) is 8.34. The molecule has 1 fully saturated rings. The highest BCUT2D eigenvalue weighted by Crippen LogP contribution is 2.41. The van der Waals surface area contributed by atoms with Crippen molar-refractivity contribution < 1.29 is 9.72 Å². The number of carbonyl (C=O) groups excluding carboxylic acids is 1. The Bertz CT molecular complexity index is 1070. The number of aromatic nitrogens is 3. The number of nitrogens with one attached hydrogen (secondary N) is 1. The Morgan fingerprint density at radius 2 is 2.00 bits per heavy atom. The third-order valence-electron chi connectivity index (χ3n) is 4.39. The fourth-order valence-corrected chi connectivity index (χ4v) is 4.06. The minimum atomic E-state index is -0.486. The van der Waals surface area contributed by atoms with Gasteiger partial charge in [0.1, 0.15) is 5.82 Å². The van der Waals surface area contributed by atoms with E-state index in [0.29, 0.717) is 21.2 Å². The molecular formula is C19H16BrN5O3S. The molecule has 1 N–H and O–H groups in total. The van der Waals surface area contributed by atoms with Crippen LogP contribution in [-0.2, 0) is 4.79 Å². The molecule has 1 saturated carbocycles. The zero-order valence-electron chi connectivity index (χ0n) is 15.1. The number of nitro groups is 1. The number of amides is 1. The fourth-order valence-electron chi connectivity index (χ4n) is 2.84. The predicted molar refractivity (Wildman–Crippen MR) is 113 cm³/mol. The van der Waals surface area contributed by atoms with Gasteiger partial charge in [0.15, 0.2) is 5.16 Å². The smallest absolute Gasteiger partial charge is 0.270 e. The Hall–Kier alpha value is -2.72. The van der Waals surface area contributed by atoms with Gasteiger partial charge in [0.25, 0.3) is 5.69 Å². The van der Waals surface area contributed by atoms with E-state index in [1.165, 1.54) is 30.0 Å². The number of carbonyl (C=O) groups is 1. The quantitative estimate of drug-likeness (QED) is 0.306. The summed E-state index contributed by atoms with van der Waals surface area (Å²) < 4.78 is 2.46. The van der Waals surface area contributed by atoms with E-state index in [9.17, 15) is 14.9 Å². The van der Waals surface area contributed by atoms with Crippen LogP contribution >= 0.6 is 27.7 Å². The fraction of sp³-hybridized carbons (Fsp3) is 0.211. The van der Waals surface area contributed by atoms with Crippen molar-refractivity contribution in [1.82, 2.24) is 14.8 Å². The van der Waals surface area contributed by atoms with Crippen molar-refractivity contribution in [3.63, 3.8) is 0 Å². The van der Waals surface area contributed by atoms with E-state index in [1.54, 1.807) is 0 Å². The van der Waals surface area contributed by atoms with E-state index in [-0.39, 0.29) is 17.3 Å². The molecule has 0 spiro atoms. The number of nitro benzene ring substituents is 1. The Labute approximate surface area is 179 Å². The minimum absolute atomic E-state index is 0.0483. The molecule has 0 aliphatic heterocycles. The van der Waals surface area contributed by atoms with Gasteiger partial charge in [0.2, 0.25) is 5.91 Å². The third-order valence-corrected chi connectivity index (χ3v) is 5.97. The molecule has 148 valence electrons. The van der Waals surface area contributed by atoms with Crippen molar-refractivity contribution in [3.8, 4) is 5.69 Å². The lowest BCUT2D eigenvalue weighted by atomic mass is 10.3. The van der Waals surface area contributed by atoms with Gasteiger partial charge >= 0.3 is 0 Å². The van der Waals surface area contributed by atoms with Crippen LogP contribution in [0.25, 0.3) is 5.69 Å². The normalized spacial score (nSPS) is 13.3. The number of halogens is 1. The van der Waals surface area contributed by atoms with Crippen LogP contribution in [0.1, 0.15) is 24.6 Å². The number of anilines is 1. The first-order valence-electron chi connectivity index (χ1n) is 8.90. The molecule has 0 bridgehead atoms. The maximum absolute atomic E-state index is 12.4. The van der Waals surface area contributed by atoms with Gasteiger partial charge in [0.05, 0.1) is 16.4 Å². The zero-order valence-corrected chi connectivity index (χ0v) is 17.5. The summed E-state index contributed by atoms with van der Waals surface area (Å²) in [6.07, 6.45) is 2.20. The predicted octanol–water partition coefficient (Wildman–Crippen LogP) is 4.55. The highest BCUT2D eigenvalue weighted by atomic mass is 79.9. The van der Waals surface area contributed by atoms with Crippen LogP contribution in [0.15, 0.2) is 58.2 Å². The van der Waals surface area contributed by atoms with E-state index in [2.05, 4.69) is 31.4 Å². The van der Waals surface area contributed by atoms with Crippen LogP contribution in [-0.4, -0.2) is 31.3 Å². The lowest BCUT2D eigenvalue weighted by molar-refractivity contribution is -0.384. The van der Waals surface area contributed by atoms with Crippen molar-refractivity contribution in [2.75, 3.05) is 11.1 Å². The van der Waals surface area contributed by atoms with Crippen molar-refractivity contribution in [1.29, 1.82) is 0 Å². The van der Waals surface area contributed by atoms with Gasteiger partial charge in [-0.3, -0.25) is 19.5 Å². The van der Waals surface area contributed by atoms with Crippen molar-refractivity contribution in [2.45, 2.75) is 23.9 Å². The molecule has 0 saturated heterocycles. The molecular weight excluding hydrogens is 458 g/mol. The molecule has 4 rings (SSSR count). The van der Waals surface area contributed by atoms with E-state index < -0.39 is 4.92 Å². The van der Waals surface area contributed by atoms with Crippen LogP contribution in [0.3, 0.4) is 0 Å². The summed E-state index contributed by atoms with van der Waals surface area (Å²) in [7, 11) is 0. The molecule has 1 heterocycles. The topological polar surface area (TPSA) is 103 Å². The molecule has 1 amide bonds. The SMILES string of the molecule is O=C(CSc1nnc(C2CC2)n1-c1ccccc1)Nc1ccc([N+](=O)[O-])cc1Br. The molecule has 2 aromatic carbocycles. The minimum Gasteiger partial charge on any atom is -0.324 e. The number of para-hydroxylation sites is 1. The van der Waals surface area contributed by atoms with Gasteiger partial charge in [-0.2, -0.15) is 0 Å². The van der Waals surface area contributed by atoms with Gasteiger partial charge in [-0.05, 0) is 47.0 Å². The largest absolute Gasteiger partial charge is 0.324 e. The Kier molecular flexibility index (Phi) is 5.63. The highest BCUT2D eigenvalue weighted by molar-refractivity contribution is 9.10. The van der Waals surface area contributed by atoms with Crippen LogP contribution in [0, 0.1) is 10.1 Å². The summed E-state index contributed by atoms with van der Waals surface area (Å²) in [6, 6.07) is 14.1. The molecule has 1 aliphatic carbocycles. The molecule has 0 radical (unpaired) electrons. The summed E-state index contributed by atoms with van der Waals surface area (Å²) in [4.78, 5) is 22.8. The second-order valence-corrected chi connectivity index (χ2v) is 8.34. The van der Waals surface area contributed by atoms with Gasteiger partial charge in [-0.1, -0.05) is 30.0 Å². The molecule has 10 heteroatoms. The number of non-ortho nitro benzene ring substituents is 1. The molecule has 1 aromatic heterocycles. The first kappa shape index (κ1) is 19.6. The van der Waals surface area contributed by atoms with Gasteiger partial charge < -0.3 is 5.32 Å². The molecule has 8 nitrogen and oxygen atoms in total. The maximum atomic E-state index is 12.4. The number of benzene rings is 2.